The van der Waals surface area contributed by atoms with E-state index in [0.717, 1.165) is 77.8 Å². The second-order valence-electron chi connectivity index (χ2n) is 12.3. The Morgan fingerprint density at radius 1 is 0.932 bits per heavy atom. The maximum absolute atomic E-state index is 14.1. The van der Waals surface area contributed by atoms with Crippen LogP contribution in [0, 0.1) is 0 Å². The lowest BCUT2D eigenvalue weighted by Gasteiger charge is -2.45. The molecule has 0 aliphatic carbocycles. The molecule has 9 nitrogen and oxygen atoms in total. The third kappa shape index (κ3) is 6.53. The molecule has 0 amide bonds. The van der Waals surface area contributed by atoms with Crippen LogP contribution < -0.4 is 9.64 Å². The van der Waals surface area contributed by atoms with Crippen LogP contribution in [0.2, 0.25) is 0 Å². The van der Waals surface area contributed by atoms with E-state index in [1.807, 2.05) is 19.1 Å². The summed E-state index contributed by atoms with van der Waals surface area (Å²) >= 11 is 0. The molecule has 238 valence electrons. The van der Waals surface area contributed by atoms with Crippen molar-refractivity contribution < 1.29 is 22.5 Å². The van der Waals surface area contributed by atoms with E-state index in [1.165, 1.54) is 6.20 Å². The number of sulfone groups is 1. The van der Waals surface area contributed by atoms with Crippen LogP contribution in [0.15, 0.2) is 63.3 Å². The highest BCUT2D eigenvalue weighted by atomic mass is 32.2. The predicted molar refractivity (Wildman–Crippen MR) is 174 cm³/mol. The molecule has 2 atom stereocenters. The van der Waals surface area contributed by atoms with E-state index < -0.39 is 20.6 Å². The molecule has 0 spiro atoms. The van der Waals surface area contributed by atoms with Gasteiger partial charge < -0.3 is 19.6 Å². The highest BCUT2D eigenvalue weighted by molar-refractivity contribution is 7.91. The number of hydrogen-bond acceptors (Lipinski definition) is 9. The molecule has 0 unspecified atom stereocenters. The fourth-order valence-corrected chi connectivity index (χ4v) is 9.21. The Balaban J connectivity index is 1.24. The molecule has 44 heavy (non-hydrogen) atoms. The quantitative estimate of drug-likeness (QED) is 0.390. The SMILES string of the molecule is CCOc1ccc(S(=O)(=O)c2cnc3ccc([S@](C)=O)cc3c2N2CCC(N3CCC(N4CCC[C@H](O)C4)CC3)CC2)cc1. The first-order chi connectivity index (χ1) is 21.2. The highest BCUT2D eigenvalue weighted by Crippen LogP contribution is 2.39. The number of nitrogens with zero attached hydrogens (tertiary/aromatic N) is 4. The summed E-state index contributed by atoms with van der Waals surface area (Å²) in [6, 6.07) is 13.0. The first-order valence-corrected chi connectivity index (χ1v) is 18.9. The third-order valence-electron chi connectivity index (χ3n) is 9.58. The van der Waals surface area contributed by atoms with Crippen LogP contribution in [0.5, 0.6) is 5.75 Å². The lowest BCUT2D eigenvalue weighted by molar-refractivity contribution is 0.0170. The minimum Gasteiger partial charge on any atom is -0.494 e. The summed E-state index contributed by atoms with van der Waals surface area (Å²) in [4.78, 5) is 12.9. The molecule has 11 heteroatoms. The van der Waals surface area contributed by atoms with Crippen molar-refractivity contribution in [1.82, 2.24) is 14.8 Å². The van der Waals surface area contributed by atoms with Crippen LogP contribution in [0.4, 0.5) is 5.69 Å². The zero-order valence-corrected chi connectivity index (χ0v) is 27.4. The number of aliphatic hydroxyl groups excluding tert-OH is 1. The predicted octanol–water partition coefficient (Wildman–Crippen LogP) is 4.09. The Hall–Kier alpha value is -2.57. The van der Waals surface area contributed by atoms with E-state index in [0.29, 0.717) is 45.9 Å². The average molecular weight is 641 g/mol. The number of anilines is 1. The van der Waals surface area contributed by atoms with Crippen LogP contribution >= 0.6 is 0 Å². The van der Waals surface area contributed by atoms with Gasteiger partial charge in [0.25, 0.3) is 0 Å². The number of hydrogen-bond donors (Lipinski definition) is 1. The number of β-amino-alcohol motifs (C(OH)–C–C–N with tert-alkyl or cyclic N) is 1. The van der Waals surface area contributed by atoms with Crippen molar-refractivity contribution >= 4 is 37.2 Å². The van der Waals surface area contributed by atoms with Crippen LogP contribution in [0.3, 0.4) is 0 Å². The molecule has 0 radical (unpaired) electrons. The molecule has 4 heterocycles. The zero-order chi connectivity index (χ0) is 30.8. The number of ether oxygens (including phenoxy) is 1. The van der Waals surface area contributed by atoms with Gasteiger partial charge in [0, 0.05) is 65.3 Å². The van der Waals surface area contributed by atoms with Crippen molar-refractivity contribution in [1.29, 1.82) is 0 Å². The number of aliphatic hydroxyl groups is 1. The average Bonchev–Trinajstić information content (AvgIpc) is 3.04. The van der Waals surface area contributed by atoms with E-state index in [9.17, 15) is 17.7 Å². The normalized spacial score (nSPS) is 22.3. The summed E-state index contributed by atoms with van der Waals surface area (Å²) in [6.07, 6.45) is 9.07. The number of rotatable bonds is 8. The minimum absolute atomic E-state index is 0.177. The molecule has 0 bridgehead atoms. The van der Waals surface area contributed by atoms with Crippen LogP contribution in [0.1, 0.15) is 45.4 Å². The molecule has 2 aromatic carbocycles. The van der Waals surface area contributed by atoms with Crippen molar-refractivity contribution in [3.8, 4) is 5.75 Å². The number of fused-ring (bicyclic) bond motifs is 1. The van der Waals surface area contributed by atoms with E-state index in [1.54, 1.807) is 36.6 Å². The van der Waals surface area contributed by atoms with Crippen molar-refractivity contribution in [2.75, 3.05) is 57.0 Å². The van der Waals surface area contributed by atoms with Crippen LogP contribution in [0.25, 0.3) is 10.9 Å². The largest absolute Gasteiger partial charge is 0.494 e. The maximum atomic E-state index is 14.1. The van der Waals surface area contributed by atoms with E-state index in [-0.39, 0.29) is 15.9 Å². The summed E-state index contributed by atoms with van der Waals surface area (Å²) in [7, 11) is -5.12. The molecular formula is C33H44N4O5S2. The van der Waals surface area contributed by atoms with E-state index >= 15 is 0 Å². The van der Waals surface area contributed by atoms with Gasteiger partial charge in [0.1, 0.15) is 10.6 Å². The molecule has 6 rings (SSSR count). The van der Waals surface area contributed by atoms with Gasteiger partial charge in [0.2, 0.25) is 9.84 Å². The Kier molecular flexibility index (Phi) is 9.58. The summed E-state index contributed by atoms with van der Waals surface area (Å²) in [6.45, 7) is 7.87. The number of likely N-dealkylation sites (tertiary alicyclic amines) is 2. The minimum atomic E-state index is -3.90. The van der Waals surface area contributed by atoms with Crippen LogP contribution in [-0.2, 0) is 20.6 Å². The molecule has 3 aliphatic rings. The number of piperidine rings is 3. The Labute approximate surface area is 263 Å². The summed E-state index contributed by atoms with van der Waals surface area (Å²) in [5.74, 6) is 0.623. The van der Waals surface area contributed by atoms with Gasteiger partial charge in [-0.05, 0) is 108 Å². The lowest BCUT2D eigenvalue weighted by atomic mass is 9.95. The summed E-state index contributed by atoms with van der Waals surface area (Å²) in [5.41, 5.74) is 1.34. The first kappa shape index (κ1) is 31.4. The molecule has 0 saturated carbocycles. The third-order valence-corrected chi connectivity index (χ3v) is 12.3. The summed E-state index contributed by atoms with van der Waals surface area (Å²) < 4.78 is 46.2. The van der Waals surface area contributed by atoms with Gasteiger partial charge in [0.05, 0.1) is 28.8 Å². The van der Waals surface area contributed by atoms with Gasteiger partial charge in [-0.25, -0.2) is 8.42 Å². The Morgan fingerprint density at radius 2 is 1.61 bits per heavy atom. The van der Waals surface area contributed by atoms with E-state index in [2.05, 4.69) is 19.7 Å². The van der Waals surface area contributed by atoms with Gasteiger partial charge in [-0.1, -0.05) is 0 Å². The summed E-state index contributed by atoms with van der Waals surface area (Å²) in [5, 5.41) is 10.9. The molecule has 3 fully saturated rings. The Morgan fingerprint density at radius 3 is 2.27 bits per heavy atom. The molecule has 3 aromatic rings. The lowest BCUT2D eigenvalue weighted by Crippen LogP contribution is -2.53. The molecule has 1 N–H and O–H groups in total. The van der Waals surface area contributed by atoms with Crippen molar-refractivity contribution in [2.45, 2.75) is 78.3 Å². The number of pyridine rings is 1. The topological polar surface area (TPSA) is 103 Å². The van der Waals surface area contributed by atoms with Crippen molar-refractivity contribution in [3.63, 3.8) is 0 Å². The second-order valence-corrected chi connectivity index (χ2v) is 15.6. The van der Waals surface area contributed by atoms with E-state index in [4.69, 9.17) is 4.74 Å². The zero-order valence-electron chi connectivity index (χ0n) is 25.7. The second kappa shape index (κ2) is 13.4. The monoisotopic (exact) mass is 640 g/mol. The molecule has 1 aromatic heterocycles. The number of aromatic nitrogens is 1. The fourth-order valence-electron chi connectivity index (χ4n) is 7.24. The Bertz CT molecular complexity index is 1580. The standard InChI is InChI=1S/C33H44N4O5S2/c1-3-42-27-6-9-29(10-7-27)44(40,41)32-22-34-31-11-8-28(43(2)39)21-30(31)33(32)36-19-14-24(15-20-36)35-17-12-25(13-18-35)37-16-4-5-26(38)23-37/h6-11,21-22,24-26,38H,3-5,12-20,23H2,1-2H3/t26-,43-/m0/s1. The molecular weight excluding hydrogens is 597 g/mol. The fraction of sp³-hybridized carbons (Fsp3) is 0.545. The van der Waals surface area contributed by atoms with Gasteiger partial charge in [0.15, 0.2) is 0 Å². The van der Waals surface area contributed by atoms with Gasteiger partial charge in [-0.3, -0.25) is 14.1 Å². The molecule has 3 aliphatic heterocycles. The van der Waals surface area contributed by atoms with Gasteiger partial charge in [-0.15, -0.1) is 0 Å². The maximum Gasteiger partial charge on any atom is 0.210 e. The first-order valence-electron chi connectivity index (χ1n) is 15.9. The number of benzene rings is 2. The van der Waals surface area contributed by atoms with Crippen molar-refractivity contribution in [2.24, 2.45) is 0 Å². The highest BCUT2D eigenvalue weighted by Gasteiger charge is 2.34. The smallest absolute Gasteiger partial charge is 0.210 e. The van der Waals surface area contributed by atoms with Gasteiger partial charge >= 0.3 is 0 Å². The van der Waals surface area contributed by atoms with Crippen LogP contribution in [-0.4, -0.2) is 103 Å². The molecule has 3 saturated heterocycles. The van der Waals surface area contributed by atoms with Crippen molar-refractivity contribution in [3.05, 3.63) is 48.7 Å². The van der Waals surface area contributed by atoms with Gasteiger partial charge in [-0.2, -0.15) is 0 Å².